The zero-order chi connectivity index (χ0) is 24.1. The summed E-state index contributed by atoms with van der Waals surface area (Å²) in [4.78, 5) is 0. The van der Waals surface area contributed by atoms with Crippen molar-refractivity contribution in [2.45, 2.75) is 45.4 Å². The van der Waals surface area contributed by atoms with Gasteiger partial charge in [-0.2, -0.15) is 0 Å². The van der Waals surface area contributed by atoms with Crippen molar-refractivity contribution in [1.82, 2.24) is 10.6 Å². The minimum atomic E-state index is -0.582. The highest BCUT2D eigenvalue weighted by Gasteiger charge is 2.07. The van der Waals surface area contributed by atoms with Gasteiger partial charge in [-0.25, -0.2) is 0 Å². The number of hydrogen-bond acceptors (Lipinski definition) is 7. The summed E-state index contributed by atoms with van der Waals surface area (Å²) in [6.45, 7) is 9.21. The molecule has 2 aromatic rings. The Hall–Kier alpha value is -2.16. The Morgan fingerprint density at radius 2 is 1.12 bits per heavy atom. The van der Waals surface area contributed by atoms with Crippen LogP contribution in [0.2, 0.25) is 0 Å². The number of rotatable bonds is 16. The minimum Gasteiger partial charge on any atom is -0.491 e. The predicted molar refractivity (Wildman–Crippen MR) is 133 cm³/mol. The van der Waals surface area contributed by atoms with Crippen LogP contribution in [-0.2, 0) is 6.42 Å². The molecule has 33 heavy (non-hydrogen) atoms. The number of nitrogens with one attached hydrogen (secondary N) is 2. The van der Waals surface area contributed by atoms with Gasteiger partial charge in [0.15, 0.2) is 0 Å². The molecule has 7 nitrogen and oxygen atoms in total. The summed E-state index contributed by atoms with van der Waals surface area (Å²) in [6, 6.07) is 15.9. The molecule has 7 heteroatoms. The maximum atomic E-state index is 10.0. The van der Waals surface area contributed by atoms with E-state index in [2.05, 4.69) is 24.5 Å². The van der Waals surface area contributed by atoms with E-state index in [4.69, 9.17) is 15.2 Å². The van der Waals surface area contributed by atoms with Gasteiger partial charge in [0.25, 0.3) is 0 Å². The van der Waals surface area contributed by atoms with Crippen molar-refractivity contribution < 1.29 is 19.7 Å². The average molecular weight is 460 g/mol. The fourth-order valence-corrected chi connectivity index (χ4v) is 3.16. The second kappa shape index (κ2) is 14.9. The van der Waals surface area contributed by atoms with Crippen LogP contribution in [0.3, 0.4) is 0 Å². The van der Waals surface area contributed by atoms with Gasteiger partial charge in [-0.15, -0.1) is 0 Å². The second-order valence-corrected chi connectivity index (χ2v) is 9.08. The first-order valence-electron chi connectivity index (χ1n) is 11.8. The molecule has 2 rings (SSSR count). The molecule has 3 unspecified atom stereocenters. The zero-order valence-corrected chi connectivity index (χ0v) is 20.2. The Morgan fingerprint density at radius 1 is 0.697 bits per heavy atom. The van der Waals surface area contributed by atoms with E-state index in [0.717, 1.165) is 24.5 Å². The van der Waals surface area contributed by atoms with Crippen LogP contribution < -0.4 is 25.8 Å². The Morgan fingerprint density at radius 3 is 1.52 bits per heavy atom. The normalized spacial score (nSPS) is 14.2. The maximum Gasteiger partial charge on any atom is 0.119 e. The quantitative estimate of drug-likeness (QED) is 0.261. The summed E-state index contributed by atoms with van der Waals surface area (Å²) in [5.41, 5.74) is 8.01. The summed E-state index contributed by atoms with van der Waals surface area (Å²) >= 11 is 0. The van der Waals surface area contributed by atoms with Crippen LogP contribution in [0.4, 0.5) is 0 Å². The first kappa shape index (κ1) is 27.1. The van der Waals surface area contributed by atoms with E-state index in [-0.39, 0.29) is 19.3 Å². The highest BCUT2D eigenvalue weighted by Crippen LogP contribution is 2.18. The van der Waals surface area contributed by atoms with Crippen LogP contribution in [0, 0.1) is 5.92 Å². The Balaban J connectivity index is 1.70. The Bertz CT molecular complexity index is 701. The number of nitrogens with two attached hydrogens (primary N) is 1. The fourth-order valence-electron chi connectivity index (χ4n) is 3.16. The van der Waals surface area contributed by atoms with Gasteiger partial charge in [0, 0.05) is 25.7 Å². The molecule has 6 N–H and O–H groups in total. The number of benzene rings is 2. The Kier molecular flexibility index (Phi) is 12.2. The molecule has 0 spiro atoms. The maximum absolute atomic E-state index is 10.0. The molecule has 0 aliphatic rings. The lowest BCUT2D eigenvalue weighted by atomic mass is 10.0. The van der Waals surface area contributed by atoms with Crippen molar-refractivity contribution in [2.24, 2.45) is 11.7 Å². The van der Waals surface area contributed by atoms with Gasteiger partial charge in [0.05, 0.1) is 0 Å². The summed E-state index contributed by atoms with van der Waals surface area (Å²) in [6.07, 6.45) is -0.315. The zero-order valence-electron chi connectivity index (χ0n) is 20.2. The standard InChI is InChI=1S/C26H41N3O4/c1-19(2)13-28-15-23(30)17-32-25-8-4-21(5-9-25)12-22-6-10-26(11-7-22)33-18-24(31)16-29-14-20(3)27/h4-11,19-20,23-24,28-31H,12-18,27H2,1-3H3. The third-order valence-corrected chi connectivity index (χ3v) is 4.92. The van der Waals surface area contributed by atoms with E-state index in [1.165, 1.54) is 11.1 Å². The van der Waals surface area contributed by atoms with E-state index in [9.17, 15) is 10.2 Å². The summed E-state index contributed by atoms with van der Waals surface area (Å²) < 4.78 is 11.4. The average Bonchev–Trinajstić information content (AvgIpc) is 2.77. The van der Waals surface area contributed by atoms with Crippen molar-refractivity contribution in [3.8, 4) is 11.5 Å². The van der Waals surface area contributed by atoms with Crippen LogP contribution in [-0.4, -0.2) is 67.9 Å². The van der Waals surface area contributed by atoms with Gasteiger partial charge in [-0.05, 0) is 61.2 Å². The SMILES string of the molecule is CC(C)CNCC(O)COc1ccc(Cc2ccc(OCC(O)CNCC(C)N)cc2)cc1. The van der Waals surface area contributed by atoms with Crippen molar-refractivity contribution in [3.63, 3.8) is 0 Å². The second-order valence-electron chi connectivity index (χ2n) is 9.08. The lowest BCUT2D eigenvalue weighted by molar-refractivity contribution is 0.106. The molecule has 0 heterocycles. The number of ether oxygens (including phenoxy) is 2. The van der Waals surface area contributed by atoms with E-state index in [1.807, 2.05) is 55.5 Å². The van der Waals surface area contributed by atoms with E-state index >= 15 is 0 Å². The molecule has 0 bridgehead atoms. The van der Waals surface area contributed by atoms with Crippen LogP contribution >= 0.6 is 0 Å². The molecule has 0 aliphatic heterocycles. The van der Waals surface area contributed by atoms with Crippen molar-refractivity contribution in [3.05, 3.63) is 59.7 Å². The lowest BCUT2D eigenvalue weighted by Gasteiger charge is -2.15. The van der Waals surface area contributed by atoms with Gasteiger partial charge in [-0.3, -0.25) is 0 Å². The largest absolute Gasteiger partial charge is 0.491 e. The molecule has 0 aromatic heterocycles. The summed E-state index contributed by atoms with van der Waals surface area (Å²) in [5.74, 6) is 2.04. The minimum absolute atomic E-state index is 0.0595. The third-order valence-electron chi connectivity index (χ3n) is 4.92. The summed E-state index contributed by atoms with van der Waals surface area (Å²) in [7, 11) is 0. The monoisotopic (exact) mass is 459 g/mol. The number of aliphatic hydroxyl groups is 2. The highest BCUT2D eigenvalue weighted by atomic mass is 16.5. The fraction of sp³-hybridized carbons (Fsp3) is 0.538. The van der Waals surface area contributed by atoms with Gasteiger partial charge >= 0.3 is 0 Å². The molecule has 0 aliphatic carbocycles. The lowest BCUT2D eigenvalue weighted by Crippen LogP contribution is -2.37. The summed E-state index contributed by atoms with van der Waals surface area (Å²) in [5, 5.41) is 26.3. The van der Waals surface area contributed by atoms with E-state index in [0.29, 0.717) is 25.6 Å². The smallest absolute Gasteiger partial charge is 0.119 e. The number of hydrogen-bond donors (Lipinski definition) is 5. The molecule has 0 saturated carbocycles. The molecule has 3 atom stereocenters. The highest BCUT2D eigenvalue weighted by molar-refractivity contribution is 5.34. The van der Waals surface area contributed by atoms with Crippen LogP contribution in [0.5, 0.6) is 11.5 Å². The topological polar surface area (TPSA) is 109 Å². The van der Waals surface area contributed by atoms with Gasteiger partial charge in [-0.1, -0.05) is 38.1 Å². The van der Waals surface area contributed by atoms with Crippen molar-refractivity contribution in [1.29, 1.82) is 0 Å². The van der Waals surface area contributed by atoms with Crippen LogP contribution in [0.25, 0.3) is 0 Å². The molecular weight excluding hydrogens is 418 g/mol. The van der Waals surface area contributed by atoms with Crippen LogP contribution in [0.1, 0.15) is 31.9 Å². The third kappa shape index (κ3) is 12.0. The molecular formula is C26H41N3O4. The van der Waals surface area contributed by atoms with Gasteiger partial charge < -0.3 is 36.1 Å². The van der Waals surface area contributed by atoms with E-state index < -0.39 is 12.2 Å². The first-order chi connectivity index (χ1) is 15.8. The van der Waals surface area contributed by atoms with Gasteiger partial charge in [0.1, 0.15) is 36.9 Å². The molecule has 184 valence electrons. The number of aliphatic hydroxyl groups excluding tert-OH is 2. The molecule has 0 saturated heterocycles. The first-order valence-corrected chi connectivity index (χ1v) is 11.8. The van der Waals surface area contributed by atoms with Crippen LogP contribution in [0.15, 0.2) is 48.5 Å². The van der Waals surface area contributed by atoms with E-state index in [1.54, 1.807) is 0 Å². The molecule has 0 fully saturated rings. The van der Waals surface area contributed by atoms with Crippen molar-refractivity contribution in [2.75, 3.05) is 39.4 Å². The van der Waals surface area contributed by atoms with Crippen molar-refractivity contribution >= 4 is 0 Å². The molecule has 2 aromatic carbocycles. The molecule has 0 radical (unpaired) electrons. The Labute approximate surface area is 198 Å². The predicted octanol–water partition coefficient (Wildman–Crippen LogP) is 1.94. The van der Waals surface area contributed by atoms with Gasteiger partial charge in [0.2, 0.25) is 0 Å². The molecule has 0 amide bonds.